The van der Waals surface area contributed by atoms with E-state index in [2.05, 4.69) is 5.32 Å². The normalized spacial score (nSPS) is 20.1. The van der Waals surface area contributed by atoms with Crippen LogP contribution in [0.1, 0.15) is 29.2 Å². The molecule has 0 bridgehead atoms. The van der Waals surface area contributed by atoms with Crippen LogP contribution in [0.3, 0.4) is 0 Å². The number of para-hydroxylation sites is 1. The minimum Gasteiger partial charge on any atom is -0.497 e. The Labute approximate surface area is 238 Å². The molecule has 0 saturated carbocycles. The van der Waals surface area contributed by atoms with E-state index in [4.69, 9.17) is 21.4 Å². The molecular formula is C29H21ClN4O5S. The topological polar surface area (TPSA) is 108 Å². The van der Waals surface area contributed by atoms with E-state index in [1.165, 1.54) is 9.91 Å². The average molecular weight is 573 g/mol. The van der Waals surface area contributed by atoms with Crippen molar-refractivity contribution in [2.24, 2.45) is 5.10 Å². The molecule has 40 heavy (non-hydrogen) atoms. The molecule has 3 aliphatic heterocycles. The number of anilines is 1. The molecule has 6 rings (SSSR count). The van der Waals surface area contributed by atoms with Gasteiger partial charge in [0, 0.05) is 17.0 Å². The summed E-state index contributed by atoms with van der Waals surface area (Å²) in [5, 5.41) is 8.33. The highest BCUT2D eigenvalue weighted by Crippen LogP contribution is 2.43. The average Bonchev–Trinajstić information content (AvgIpc) is 3.63. The van der Waals surface area contributed by atoms with Gasteiger partial charge in [0.05, 0.1) is 35.0 Å². The second kappa shape index (κ2) is 10.3. The van der Waals surface area contributed by atoms with Gasteiger partial charge in [0.15, 0.2) is 0 Å². The molecule has 3 heterocycles. The van der Waals surface area contributed by atoms with E-state index in [1.54, 1.807) is 43.5 Å². The van der Waals surface area contributed by atoms with E-state index in [1.807, 2.05) is 36.4 Å². The van der Waals surface area contributed by atoms with Gasteiger partial charge in [-0.15, -0.1) is 0 Å². The SMILES string of the molecule is COc1ccc(C2=NN(C(=O)CN3C(=O)/C(=C4\SC(=O)NC4=O)c4ccccc43)C(c3ccc(Cl)cc3)C2)cc1. The van der Waals surface area contributed by atoms with E-state index in [0.29, 0.717) is 45.9 Å². The zero-order valence-electron chi connectivity index (χ0n) is 21.1. The first-order valence-corrected chi connectivity index (χ1v) is 13.5. The maximum atomic E-state index is 13.9. The van der Waals surface area contributed by atoms with Crippen LogP contribution in [0.5, 0.6) is 5.75 Å². The Hall–Kier alpha value is -4.41. The van der Waals surface area contributed by atoms with Crippen LogP contribution in [0.25, 0.3) is 5.57 Å². The number of imide groups is 1. The zero-order chi connectivity index (χ0) is 28.0. The van der Waals surface area contributed by atoms with Crippen molar-refractivity contribution in [3.05, 3.63) is 99.4 Å². The zero-order valence-corrected chi connectivity index (χ0v) is 22.7. The van der Waals surface area contributed by atoms with Crippen molar-refractivity contribution in [1.82, 2.24) is 10.3 Å². The van der Waals surface area contributed by atoms with Crippen LogP contribution < -0.4 is 15.0 Å². The van der Waals surface area contributed by atoms with E-state index < -0.39 is 29.0 Å². The summed E-state index contributed by atoms with van der Waals surface area (Å²) in [6.07, 6.45) is 0.457. The number of nitrogens with zero attached hydrogens (tertiary/aromatic N) is 3. The highest BCUT2D eigenvalue weighted by Gasteiger charge is 2.42. The Morgan fingerprint density at radius 3 is 2.45 bits per heavy atom. The third-order valence-electron chi connectivity index (χ3n) is 6.90. The predicted molar refractivity (Wildman–Crippen MR) is 152 cm³/mol. The lowest BCUT2D eigenvalue weighted by molar-refractivity contribution is -0.132. The largest absolute Gasteiger partial charge is 0.497 e. The van der Waals surface area contributed by atoms with Gasteiger partial charge in [-0.1, -0.05) is 41.9 Å². The van der Waals surface area contributed by atoms with Crippen LogP contribution in [-0.2, 0) is 14.4 Å². The molecular weight excluding hydrogens is 552 g/mol. The molecule has 1 N–H and O–H groups in total. The summed E-state index contributed by atoms with van der Waals surface area (Å²) in [5.41, 5.74) is 3.49. The fraction of sp³-hybridized carbons (Fsp3) is 0.138. The van der Waals surface area contributed by atoms with E-state index in [9.17, 15) is 19.2 Å². The van der Waals surface area contributed by atoms with Gasteiger partial charge in [-0.25, -0.2) is 5.01 Å². The number of thioether (sulfide) groups is 1. The van der Waals surface area contributed by atoms with Crippen LogP contribution in [0.2, 0.25) is 5.02 Å². The van der Waals surface area contributed by atoms with E-state index >= 15 is 0 Å². The minimum absolute atomic E-state index is 0.0254. The number of methoxy groups -OCH3 is 1. The van der Waals surface area contributed by atoms with Crippen LogP contribution in [0.15, 0.2) is 82.8 Å². The van der Waals surface area contributed by atoms with Gasteiger partial charge in [-0.3, -0.25) is 29.4 Å². The monoisotopic (exact) mass is 572 g/mol. The summed E-state index contributed by atoms with van der Waals surface area (Å²) in [6, 6.07) is 21.1. The van der Waals surface area contributed by atoms with Crippen molar-refractivity contribution >= 4 is 63.3 Å². The number of carbonyl (C=O) groups excluding carboxylic acids is 4. The van der Waals surface area contributed by atoms with Gasteiger partial charge in [0.25, 0.3) is 23.0 Å². The quantitative estimate of drug-likeness (QED) is 0.441. The Kier molecular flexibility index (Phi) is 6.65. The highest BCUT2D eigenvalue weighted by atomic mass is 35.5. The molecule has 1 unspecified atom stereocenters. The number of hydrogen-bond acceptors (Lipinski definition) is 7. The number of rotatable bonds is 5. The molecule has 1 atom stereocenters. The molecule has 3 aliphatic rings. The number of amides is 4. The van der Waals surface area contributed by atoms with Crippen LogP contribution in [-0.4, -0.2) is 47.3 Å². The van der Waals surface area contributed by atoms with Crippen molar-refractivity contribution in [1.29, 1.82) is 0 Å². The summed E-state index contributed by atoms with van der Waals surface area (Å²) in [7, 11) is 1.59. The molecule has 1 saturated heterocycles. The van der Waals surface area contributed by atoms with Crippen LogP contribution in [0, 0.1) is 0 Å². The number of ether oxygens (including phenoxy) is 1. The summed E-state index contributed by atoms with van der Waals surface area (Å²) in [4.78, 5) is 53.1. The second-order valence-electron chi connectivity index (χ2n) is 9.24. The number of hydrogen-bond donors (Lipinski definition) is 1. The molecule has 1 fully saturated rings. The van der Waals surface area contributed by atoms with Crippen molar-refractivity contribution in [2.75, 3.05) is 18.6 Å². The van der Waals surface area contributed by atoms with Gasteiger partial charge < -0.3 is 4.74 Å². The fourth-order valence-corrected chi connectivity index (χ4v) is 5.88. The van der Waals surface area contributed by atoms with E-state index in [0.717, 1.165) is 11.1 Å². The van der Waals surface area contributed by atoms with Gasteiger partial charge >= 0.3 is 0 Å². The summed E-state index contributed by atoms with van der Waals surface area (Å²) in [6.45, 7) is -0.309. The number of hydrazone groups is 1. The Morgan fingerprint density at radius 2 is 1.77 bits per heavy atom. The van der Waals surface area contributed by atoms with Gasteiger partial charge in [-0.05, 0) is 65.4 Å². The van der Waals surface area contributed by atoms with Gasteiger partial charge in [0.2, 0.25) is 0 Å². The van der Waals surface area contributed by atoms with Crippen molar-refractivity contribution < 1.29 is 23.9 Å². The van der Waals surface area contributed by atoms with Gasteiger partial charge in [0.1, 0.15) is 12.3 Å². The summed E-state index contributed by atoms with van der Waals surface area (Å²) >= 11 is 6.79. The maximum Gasteiger partial charge on any atom is 0.290 e. The molecule has 3 aromatic rings. The van der Waals surface area contributed by atoms with Crippen molar-refractivity contribution in [2.45, 2.75) is 12.5 Å². The minimum atomic E-state index is -0.627. The molecule has 0 spiro atoms. The third-order valence-corrected chi connectivity index (χ3v) is 8.04. The lowest BCUT2D eigenvalue weighted by Gasteiger charge is -2.25. The first-order chi connectivity index (χ1) is 19.3. The summed E-state index contributed by atoms with van der Waals surface area (Å²) < 4.78 is 5.26. The smallest absolute Gasteiger partial charge is 0.290 e. The lowest BCUT2D eigenvalue weighted by atomic mass is 9.98. The Balaban J connectivity index is 1.34. The van der Waals surface area contributed by atoms with Crippen LogP contribution in [0.4, 0.5) is 10.5 Å². The maximum absolute atomic E-state index is 13.9. The van der Waals surface area contributed by atoms with Crippen LogP contribution >= 0.6 is 23.4 Å². The Bertz CT molecular complexity index is 1630. The number of carbonyl (C=O) groups is 4. The van der Waals surface area contributed by atoms with Gasteiger partial charge in [-0.2, -0.15) is 5.10 Å². The van der Waals surface area contributed by atoms with E-state index in [-0.39, 0.29) is 17.0 Å². The fourth-order valence-electron chi connectivity index (χ4n) is 4.99. The number of benzene rings is 3. The summed E-state index contributed by atoms with van der Waals surface area (Å²) in [5.74, 6) is -0.852. The first-order valence-electron chi connectivity index (χ1n) is 12.3. The van der Waals surface area contributed by atoms with Crippen molar-refractivity contribution in [3.8, 4) is 5.75 Å². The molecule has 11 heteroatoms. The third kappa shape index (κ3) is 4.55. The molecule has 0 aliphatic carbocycles. The highest BCUT2D eigenvalue weighted by molar-refractivity contribution is 8.18. The first kappa shape index (κ1) is 25.8. The number of halogens is 1. The number of fused-ring (bicyclic) bond motifs is 1. The lowest BCUT2D eigenvalue weighted by Crippen LogP contribution is -2.39. The molecule has 200 valence electrons. The predicted octanol–water partition coefficient (Wildman–Crippen LogP) is 4.77. The Morgan fingerprint density at radius 1 is 1.05 bits per heavy atom. The molecule has 9 nitrogen and oxygen atoms in total. The molecule has 3 aromatic carbocycles. The standard InChI is InChI=1S/C29H21ClN4O5S/c1-39-19-12-8-16(9-13-19)21-14-23(17-6-10-18(30)11-7-17)34(32-21)24(35)15-33-22-5-3-2-4-20(22)25(28(33)37)26-27(36)31-29(38)40-26/h2-13,23H,14-15H2,1H3,(H,31,36,38)/b26-25-. The molecule has 0 radical (unpaired) electrons. The molecule has 4 amide bonds. The molecule has 0 aromatic heterocycles. The number of nitrogens with one attached hydrogen (secondary N) is 1. The second-order valence-corrected chi connectivity index (χ2v) is 10.7. The van der Waals surface area contributed by atoms with Crippen molar-refractivity contribution in [3.63, 3.8) is 0 Å².